The van der Waals surface area contributed by atoms with Gasteiger partial charge in [-0.3, -0.25) is 0 Å². The second-order valence-electron chi connectivity index (χ2n) is 4.30. The first-order valence-electron chi connectivity index (χ1n) is 4.92. The molecule has 72 valence electrons. The topological polar surface area (TPSA) is 21.3 Å². The van der Waals surface area contributed by atoms with Gasteiger partial charge in [-0.1, -0.05) is 0 Å². The number of nitrogens with one attached hydrogen (secondary N) is 1. The van der Waals surface area contributed by atoms with Gasteiger partial charge in [0.05, 0.1) is 5.60 Å². The summed E-state index contributed by atoms with van der Waals surface area (Å²) in [6, 6.07) is 0.843. The van der Waals surface area contributed by atoms with Crippen molar-refractivity contribution in [2.24, 2.45) is 0 Å². The largest absolute Gasteiger partial charge is 0.379 e. The standard InChI is InChI=1S/C10H21NO/c1-10(2,12-3)7-4-8-11-9-5-6-9/h9,11H,4-8H2,1-3H3. The first-order valence-corrected chi connectivity index (χ1v) is 4.92. The highest BCUT2D eigenvalue weighted by atomic mass is 16.5. The van der Waals surface area contributed by atoms with Crippen LogP contribution in [0, 0.1) is 0 Å². The van der Waals surface area contributed by atoms with Gasteiger partial charge in [-0.15, -0.1) is 0 Å². The van der Waals surface area contributed by atoms with Crippen molar-refractivity contribution in [3.63, 3.8) is 0 Å². The van der Waals surface area contributed by atoms with Crippen LogP contribution in [0.15, 0.2) is 0 Å². The van der Waals surface area contributed by atoms with Crippen LogP contribution in [0.25, 0.3) is 0 Å². The number of ether oxygens (including phenoxy) is 1. The van der Waals surface area contributed by atoms with E-state index in [2.05, 4.69) is 19.2 Å². The molecule has 0 amide bonds. The van der Waals surface area contributed by atoms with Crippen LogP contribution in [0.4, 0.5) is 0 Å². The number of rotatable bonds is 6. The Morgan fingerprint density at radius 1 is 1.42 bits per heavy atom. The van der Waals surface area contributed by atoms with Crippen molar-refractivity contribution in [1.82, 2.24) is 5.32 Å². The molecular weight excluding hydrogens is 150 g/mol. The maximum Gasteiger partial charge on any atom is 0.0623 e. The van der Waals surface area contributed by atoms with Crippen LogP contribution in [-0.4, -0.2) is 25.3 Å². The maximum absolute atomic E-state index is 5.33. The molecule has 1 rings (SSSR count). The Kier molecular flexibility index (Phi) is 3.53. The molecule has 1 saturated carbocycles. The summed E-state index contributed by atoms with van der Waals surface area (Å²) in [6.07, 6.45) is 5.13. The Morgan fingerprint density at radius 3 is 2.58 bits per heavy atom. The monoisotopic (exact) mass is 171 g/mol. The lowest BCUT2D eigenvalue weighted by atomic mass is 10.0. The Hall–Kier alpha value is -0.0800. The molecule has 12 heavy (non-hydrogen) atoms. The van der Waals surface area contributed by atoms with Crippen LogP contribution < -0.4 is 5.32 Å². The van der Waals surface area contributed by atoms with Gasteiger partial charge >= 0.3 is 0 Å². The number of hydrogen-bond donors (Lipinski definition) is 1. The van der Waals surface area contributed by atoms with Crippen molar-refractivity contribution in [2.75, 3.05) is 13.7 Å². The summed E-state index contributed by atoms with van der Waals surface area (Å²) >= 11 is 0. The SMILES string of the molecule is COC(C)(C)CCCNC1CC1. The molecule has 1 fully saturated rings. The third-order valence-electron chi connectivity index (χ3n) is 2.52. The normalized spacial score (nSPS) is 18.2. The zero-order valence-corrected chi connectivity index (χ0v) is 8.52. The second-order valence-corrected chi connectivity index (χ2v) is 4.30. The fraction of sp³-hybridized carbons (Fsp3) is 1.00. The van der Waals surface area contributed by atoms with Crippen LogP contribution in [0.2, 0.25) is 0 Å². The molecule has 0 unspecified atom stereocenters. The van der Waals surface area contributed by atoms with Gasteiger partial charge in [-0.2, -0.15) is 0 Å². The molecule has 0 heterocycles. The third-order valence-corrected chi connectivity index (χ3v) is 2.52. The van der Waals surface area contributed by atoms with Crippen molar-refractivity contribution in [3.8, 4) is 0 Å². The van der Waals surface area contributed by atoms with E-state index in [-0.39, 0.29) is 5.60 Å². The Morgan fingerprint density at radius 2 is 2.08 bits per heavy atom. The van der Waals surface area contributed by atoms with Gasteiger partial charge in [0.1, 0.15) is 0 Å². The number of methoxy groups -OCH3 is 1. The summed E-state index contributed by atoms with van der Waals surface area (Å²) in [7, 11) is 1.79. The fourth-order valence-corrected chi connectivity index (χ4v) is 1.21. The minimum atomic E-state index is 0.0607. The molecule has 0 spiro atoms. The van der Waals surface area contributed by atoms with E-state index < -0.39 is 0 Å². The first kappa shape index (κ1) is 10.0. The molecule has 0 saturated heterocycles. The summed E-state index contributed by atoms with van der Waals surface area (Å²) in [4.78, 5) is 0. The van der Waals surface area contributed by atoms with Crippen LogP contribution >= 0.6 is 0 Å². The molecule has 2 nitrogen and oxygen atoms in total. The molecule has 0 aromatic rings. The lowest BCUT2D eigenvalue weighted by molar-refractivity contribution is 0.0140. The van der Waals surface area contributed by atoms with Crippen molar-refractivity contribution in [3.05, 3.63) is 0 Å². The molecule has 0 bridgehead atoms. The zero-order chi connectivity index (χ0) is 9.03. The molecule has 1 aliphatic rings. The predicted molar refractivity (Wildman–Crippen MR) is 51.3 cm³/mol. The number of hydrogen-bond acceptors (Lipinski definition) is 2. The highest BCUT2D eigenvalue weighted by Crippen LogP contribution is 2.19. The molecule has 0 aromatic heterocycles. The summed E-state index contributed by atoms with van der Waals surface area (Å²) in [5.74, 6) is 0. The van der Waals surface area contributed by atoms with Crippen molar-refractivity contribution >= 4 is 0 Å². The zero-order valence-electron chi connectivity index (χ0n) is 8.52. The van der Waals surface area contributed by atoms with Crippen molar-refractivity contribution in [2.45, 2.75) is 51.2 Å². The molecule has 0 aromatic carbocycles. The lowest BCUT2D eigenvalue weighted by Crippen LogP contribution is -2.25. The van der Waals surface area contributed by atoms with Gasteiger partial charge in [-0.25, -0.2) is 0 Å². The average molecular weight is 171 g/mol. The Balaban J connectivity index is 1.92. The Labute approximate surface area is 75.7 Å². The highest BCUT2D eigenvalue weighted by Gasteiger charge is 2.20. The van der Waals surface area contributed by atoms with Gasteiger partial charge in [0.2, 0.25) is 0 Å². The van der Waals surface area contributed by atoms with E-state index in [0.29, 0.717) is 0 Å². The maximum atomic E-state index is 5.33. The summed E-state index contributed by atoms with van der Waals surface area (Å²) in [5.41, 5.74) is 0.0607. The molecule has 2 heteroatoms. The quantitative estimate of drug-likeness (QED) is 0.617. The second kappa shape index (κ2) is 4.24. The van der Waals surface area contributed by atoms with Crippen LogP contribution in [0.3, 0.4) is 0 Å². The van der Waals surface area contributed by atoms with E-state index >= 15 is 0 Å². The fourth-order valence-electron chi connectivity index (χ4n) is 1.21. The first-order chi connectivity index (χ1) is 5.64. The molecule has 1 aliphatic carbocycles. The highest BCUT2D eigenvalue weighted by molar-refractivity contribution is 4.81. The van der Waals surface area contributed by atoms with E-state index in [4.69, 9.17) is 4.74 Å². The minimum absolute atomic E-state index is 0.0607. The smallest absolute Gasteiger partial charge is 0.0623 e. The van der Waals surface area contributed by atoms with E-state index in [9.17, 15) is 0 Å². The van der Waals surface area contributed by atoms with E-state index in [1.807, 2.05) is 0 Å². The lowest BCUT2D eigenvalue weighted by Gasteiger charge is -2.22. The molecule has 1 N–H and O–H groups in total. The average Bonchev–Trinajstić information content (AvgIpc) is 2.82. The summed E-state index contributed by atoms with van der Waals surface area (Å²) < 4.78 is 5.33. The van der Waals surface area contributed by atoms with Gasteiger partial charge in [0, 0.05) is 13.2 Å². The van der Waals surface area contributed by atoms with Crippen LogP contribution in [-0.2, 0) is 4.74 Å². The Bertz CT molecular complexity index is 130. The van der Waals surface area contributed by atoms with E-state index in [1.165, 1.54) is 19.3 Å². The van der Waals surface area contributed by atoms with E-state index in [1.54, 1.807) is 7.11 Å². The molecule has 0 radical (unpaired) electrons. The third kappa shape index (κ3) is 4.07. The van der Waals surface area contributed by atoms with Crippen molar-refractivity contribution < 1.29 is 4.74 Å². The van der Waals surface area contributed by atoms with Crippen LogP contribution in [0.5, 0.6) is 0 Å². The van der Waals surface area contributed by atoms with Gasteiger partial charge < -0.3 is 10.1 Å². The predicted octanol–water partition coefficient (Wildman–Crippen LogP) is 1.94. The van der Waals surface area contributed by atoms with Crippen molar-refractivity contribution in [1.29, 1.82) is 0 Å². The van der Waals surface area contributed by atoms with Gasteiger partial charge in [0.25, 0.3) is 0 Å². The molecule has 0 atom stereocenters. The summed E-state index contributed by atoms with van der Waals surface area (Å²) in [5, 5.41) is 3.50. The van der Waals surface area contributed by atoms with E-state index in [0.717, 1.165) is 19.0 Å². The van der Waals surface area contributed by atoms with Gasteiger partial charge in [0.15, 0.2) is 0 Å². The molecular formula is C10H21NO. The van der Waals surface area contributed by atoms with Crippen LogP contribution in [0.1, 0.15) is 39.5 Å². The minimum Gasteiger partial charge on any atom is -0.379 e. The van der Waals surface area contributed by atoms with Gasteiger partial charge in [-0.05, 0) is 46.1 Å². The molecule has 0 aliphatic heterocycles. The summed E-state index contributed by atoms with van der Waals surface area (Å²) in [6.45, 7) is 5.44.